The molecular weight excluding hydrogens is 466 g/mol. The summed E-state index contributed by atoms with van der Waals surface area (Å²) in [5.74, 6) is 1.84. The molecule has 1 unspecified atom stereocenters. The first-order valence-corrected chi connectivity index (χ1v) is 13.0. The maximum absolute atomic E-state index is 12.8. The van der Waals surface area contributed by atoms with Crippen LogP contribution in [0.1, 0.15) is 18.3 Å². The van der Waals surface area contributed by atoms with Crippen LogP contribution < -0.4 is 10.3 Å². The average molecular weight is 494 g/mol. The Bertz CT molecular complexity index is 1320. The van der Waals surface area contributed by atoms with Gasteiger partial charge in [-0.3, -0.25) is 9.59 Å². The predicted octanol–water partition coefficient (Wildman–Crippen LogP) is 5.12. The molecule has 2 aromatic heterocycles. The number of carbonyl (C=O) groups excluding carboxylic acids is 1. The number of fused-ring (bicyclic) bond motifs is 1. The van der Waals surface area contributed by atoms with Crippen LogP contribution in [0.25, 0.3) is 21.3 Å². The van der Waals surface area contributed by atoms with Crippen molar-refractivity contribution in [3.63, 3.8) is 0 Å². The minimum absolute atomic E-state index is 0.0171. The number of benzene rings is 2. The Kier molecular flexibility index (Phi) is 7.70. The Morgan fingerprint density at radius 3 is 2.65 bits per heavy atom. The number of rotatable bonds is 9. The molecule has 0 aliphatic rings. The molecule has 8 heteroatoms. The van der Waals surface area contributed by atoms with Crippen LogP contribution >= 0.6 is 23.1 Å². The highest BCUT2D eigenvalue weighted by Crippen LogP contribution is 2.31. The molecular formula is C26H27N3O3S2. The number of nitrogens with one attached hydrogen (secondary N) is 1. The van der Waals surface area contributed by atoms with Crippen LogP contribution in [0.2, 0.25) is 0 Å². The Labute approximate surface area is 207 Å². The van der Waals surface area contributed by atoms with Crippen molar-refractivity contribution in [3.8, 4) is 16.9 Å². The minimum Gasteiger partial charge on any atom is -0.492 e. The fourth-order valence-corrected chi connectivity index (χ4v) is 5.36. The number of aryl methyl sites for hydroxylation is 1. The third-order valence-electron chi connectivity index (χ3n) is 5.49. The van der Waals surface area contributed by atoms with Crippen molar-refractivity contribution in [1.29, 1.82) is 0 Å². The number of amides is 1. The van der Waals surface area contributed by atoms with Crippen molar-refractivity contribution < 1.29 is 9.53 Å². The molecule has 0 bridgehead atoms. The molecule has 1 atom stereocenters. The number of thioether (sulfide) groups is 1. The largest absolute Gasteiger partial charge is 0.492 e. The van der Waals surface area contributed by atoms with Crippen LogP contribution in [0.15, 0.2) is 64.8 Å². The highest BCUT2D eigenvalue weighted by molar-refractivity contribution is 7.99. The van der Waals surface area contributed by atoms with Gasteiger partial charge in [-0.2, -0.15) is 0 Å². The van der Waals surface area contributed by atoms with Crippen LogP contribution in [0.5, 0.6) is 5.75 Å². The first-order chi connectivity index (χ1) is 16.4. The number of hydrogen-bond acceptors (Lipinski definition) is 6. The number of carbonyl (C=O) groups is 1. The lowest BCUT2D eigenvalue weighted by molar-refractivity contribution is -0.129. The molecule has 34 heavy (non-hydrogen) atoms. The van der Waals surface area contributed by atoms with Crippen LogP contribution in [0.3, 0.4) is 0 Å². The normalized spacial score (nSPS) is 12.0. The highest BCUT2D eigenvalue weighted by Gasteiger charge is 2.19. The number of H-pyrrole nitrogens is 1. The van der Waals surface area contributed by atoms with Crippen LogP contribution in [0, 0.1) is 6.92 Å². The first kappa shape index (κ1) is 24.0. The predicted molar refractivity (Wildman–Crippen MR) is 141 cm³/mol. The van der Waals surface area contributed by atoms with Crippen molar-refractivity contribution in [2.45, 2.75) is 24.9 Å². The number of thiophene rings is 1. The number of nitrogens with zero attached hydrogens (tertiary/aromatic N) is 2. The Hall–Kier alpha value is -3.10. The van der Waals surface area contributed by atoms with E-state index in [2.05, 4.69) is 9.97 Å². The zero-order valence-electron chi connectivity index (χ0n) is 19.4. The van der Waals surface area contributed by atoms with E-state index in [0.29, 0.717) is 34.9 Å². The molecule has 1 N–H and O–H groups in total. The van der Waals surface area contributed by atoms with Gasteiger partial charge in [-0.1, -0.05) is 48.0 Å². The second-order valence-corrected chi connectivity index (χ2v) is 10.3. The zero-order chi connectivity index (χ0) is 24.1. The standard InChI is InChI=1S/C26H27N3O3S2/c1-17-9-11-20(12-10-17)32-14-13-29(3)26(31)18(2)33-16-22-27-24(30)23-21(15-34-25(23)28-22)19-7-5-4-6-8-19/h4-12,15,18H,13-14,16H2,1-3H3,(H,27,28,30). The van der Waals surface area contributed by atoms with Crippen molar-refractivity contribution >= 4 is 39.2 Å². The molecule has 4 rings (SSSR count). The van der Waals surface area contributed by atoms with Crippen molar-refractivity contribution in [3.05, 3.63) is 81.7 Å². The summed E-state index contributed by atoms with van der Waals surface area (Å²) in [5, 5.41) is 2.31. The average Bonchev–Trinajstić information content (AvgIpc) is 3.28. The summed E-state index contributed by atoms with van der Waals surface area (Å²) in [4.78, 5) is 35.5. The summed E-state index contributed by atoms with van der Waals surface area (Å²) in [6.45, 7) is 4.83. The smallest absolute Gasteiger partial charge is 0.260 e. The van der Waals surface area contributed by atoms with Gasteiger partial charge in [-0.05, 0) is 31.5 Å². The van der Waals surface area contributed by atoms with Gasteiger partial charge in [0.2, 0.25) is 5.91 Å². The van der Waals surface area contributed by atoms with Gasteiger partial charge < -0.3 is 14.6 Å². The summed E-state index contributed by atoms with van der Waals surface area (Å²) >= 11 is 2.92. The van der Waals surface area contributed by atoms with Gasteiger partial charge in [0.1, 0.15) is 23.0 Å². The Balaban J connectivity index is 1.33. The van der Waals surface area contributed by atoms with Gasteiger partial charge in [0.15, 0.2) is 0 Å². The molecule has 0 fully saturated rings. The summed E-state index contributed by atoms with van der Waals surface area (Å²) in [5.41, 5.74) is 2.92. The van der Waals surface area contributed by atoms with E-state index >= 15 is 0 Å². The molecule has 0 saturated heterocycles. The topological polar surface area (TPSA) is 75.3 Å². The summed E-state index contributed by atoms with van der Waals surface area (Å²) in [7, 11) is 1.78. The molecule has 176 valence electrons. The van der Waals surface area contributed by atoms with Crippen LogP contribution in [0.4, 0.5) is 0 Å². The van der Waals surface area contributed by atoms with Gasteiger partial charge in [0.25, 0.3) is 5.56 Å². The summed E-state index contributed by atoms with van der Waals surface area (Å²) in [6, 6.07) is 17.7. The SMILES string of the molecule is Cc1ccc(OCCN(C)C(=O)C(C)SCc2nc3scc(-c4ccccc4)c3c(=O)[nH]2)cc1. The zero-order valence-corrected chi connectivity index (χ0v) is 21.0. The van der Waals surface area contributed by atoms with Gasteiger partial charge in [-0.25, -0.2) is 4.98 Å². The number of aromatic amines is 1. The van der Waals surface area contributed by atoms with E-state index in [9.17, 15) is 9.59 Å². The Morgan fingerprint density at radius 1 is 1.18 bits per heavy atom. The van der Waals surface area contributed by atoms with Gasteiger partial charge in [0, 0.05) is 18.0 Å². The molecule has 0 aliphatic heterocycles. The van der Waals surface area contributed by atoms with Crippen molar-refractivity contribution in [1.82, 2.24) is 14.9 Å². The van der Waals surface area contributed by atoms with Gasteiger partial charge in [0.05, 0.1) is 22.9 Å². The van der Waals surface area contributed by atoms with E-state index in [1.54, 1.807) is 11.9 Å². The molecule has 1 amide bonds. The second-order valence-electron chi connectivity index (χ2n) is 8.08. The lowest BCUT2D eigenvalue weighted by Crippen LogP contribution is -2.36. The molecule has 2 aromatic carbocycles. The highest BCUT2D eigenvalue weighted by atomic mass is 32.2. The molecule has 0 spiro atoms. The van der Waals surface area contributed by atoms with E-state index in [-0.39, 0.29) is 16.7 Å². The number of likely N-dealkylation sites (N-methyl/N-ethyl adjacent to an activating group) is 1. The van der Waals surface area contributed by atoms with E-state index < -0.39 is 0 Å². The van der Waals surface area contributed by atoms with Crippen molar-refractivity contribution in [2.75, 3.05) is 20.2 Å². The fourth-order valence-electron chi connectivity index (χ4n) is 3.52. The quantitative estimate of drug-likeness (QED) is 0.350. The molecule has 6 nitrogen and oxygen atoms in total. The first-order valence-electron chi connectivity index (χ1n) is 11.0. The monoisotopic (exact) mass is 493 g/mol. The van der Waals surface area contributed by atoms with E-state index in [1.807, 2.05) is 73.8 Å². The van der Waals surface area contributed by atoms with E-state index in [4.69, 9.17) is 4.74 Å². The van der Waals surface area contributed by atoms with Crippen LogP contribution in [-0.2, 0) is 10.5 Å². The third-order valence-corrected chi connectivity index (χ3v) is 7.50. The molecule has 0 aliphatic carbocycles. The van der Waals surface area contributed by atoms with E-state index in [1.165, 1.54) is 28.7 Å². The lowest BCUT2D eigenvalue weighted by Gasteiger charge is -2.21. The second kappa shape index (κ2) is 10.9. The third kappa shape index (κ3) is 5.69. The minimum atomic E-state index is -0.270. The van der Waals surface area contributed by atoms with E-state index in [0.717, 1.165) is 16.9 Å². The number of aromatic nitrogens is 2. The molecule has 2 heterocycles. The fraction of sp³-hybridized carbons (Fsp3) is 0.269. The van der Waals surface area contributed by atoms with Crippen molar-refractivity contribution in [2.24, 2.45) is 0 Å². The van der Waals surface area contributed by atoms with Gasteiger partial charge >= 0.3 is 0 Å². The molecule has 0 radical (unpaired) electrons. The number of ether oxygens (including phenoxy) is 1. The van der Waals surface area contributed by atoms with Gasteiger partial charge in [-0.15, -0.1) is 23.1 Å². The van der Waals surface area contributed by atoms with Crippen LogP contribution in [-0.4, -0.2) is 46.2 Å². The summed E-state index contributed by atoms with van der Waals surface area (Å²) in [6.07, 6.45) is 0. The molecule has 4 aromatic rings. The lowest BCUT2D eigenvalue weighted by atomic mass is 10.1. The maximum Gasteiger partial charge on any atom is 0.260 e. The Morgan fingerprint density at radius 2 is 1.91 bits per heavy atom. The summed E-state index contributed by atoms with van der Waals surface area (Å²) < 4.78 is 5.73. The maximum atomic E-state index is 12.8. The molecule has 0 saturated carbocycles. The number of hydrogen-bond donors (Lipinski definition) is 1.